The van der Waals surface area contributed by atoms with Crippen molar-refractivity contribution in [1.82, 2.24) is 0 Å². The number of unbranched alkanes of at least 4 members (excludes halogenated alkanes) is 5. The van der Waals surface area contributed by atoms with Crippen LogP contribution in [0.15, 0.2) is 24.3 Å². The molecule has 0 rings (SSSR count). The first-order valence-electron chi connectivity index (χ1n) is 6.63. The maximum Gasteiger partial charge on any atom is 0.225 e. The summed E-state index contributed by atoms with van der Waals surface area (Å²) in [6, 6.07) is 0. The van der Waals surface area contributed by atoms with E-state index in [2.05, 4.69) is 6.92 Å². The van der Waals surface area contributed by atoms with Gasteiger partial charge in [0.2, 0.25) is 11.6 Å². The SMILES string of the molecule is CCCC=CC(=O)C(=O)C=CCCCCCC. The van der Waals surface area contributed by atoms with E-state index >= 15 is 0 Å². The number of hydrogen-bond acceptors (Lipinski definition) is 2. The first kappa shape index (κ1) is 15.8. The van der Waals surface area contributed by atoms with E-state index in [0.717, 1.165) is 25.7 Å². The molecule has 0 aliphatic heterocycles. The quantitative estimate of drug-likeness (QED) is 0.326. The summed E-state index contributed by atoms with van der Waals surface area (Å²) in [5.41, 5.74) is 0. The Bertz CT molecular complexity index is 275. The third-order valence-electron chi connectivity index (χ3n) is 2.46. The van der Waals surface area contributed by atoms with Crippen LogP contribution in [0.3, 0.4) is 0 Å². The molecule has 0 radical (unpaired) electrons. The Hall–Kier alpha value is -1.18. The predicted molar refractivity (Wildman–Crippen MR) is 72.0 cm³/mol. The Morgan fingerprint density at radius 1 is 0.765 bits per heavy atom. The molecule has 0 saturated heterocycles. The van der Waals surface area contributed by atoms with Gasteiger partial charge in [0.1, 0.15) is 0 Å². The lowest BCUT2D eigenvalue weighted by molar-refractivity contribution is -0.130. The maximum atomic E-state index is 11.3. The van der Waals surface area contributed by atoms with Gasteiger partial charge < -0.3 is 0 Å². The zero-order chi connectivity index (χ0) is 12.9. The summed E-state index contributed by atoms with van der Waals surface area (Å²) in [5, 5.41) is 0. The molecule has 2 heteroatoms. The molecule has 0 saturated carbocycles. The van der Waals surface area contributed by atoms with Gasteiger partial charge in [-0.1, -0.05) is 51.7 Å². The average molecular weight is 236 g/mol. The van der Waals surface area contributed by atoms with Crippen molar-refractivity contribution in [1.29, 1.82) is 0 Å². The smallest absolute Gasteiger partial charge is 0.225 e. The van der Waals surface area contributed by atoms with E-state index in [9.17, 15) is 9.59 Å². The molecule has 0 N–H and O–H groups in total. The van der Waals surface area contributed by atoms with Gasteiger partial charge in [-0.05, 0) is 31.4 Å². The maximum absolute atomic E-state index is 11.3. The second kappa shape index (κ2) is 11.3. The number of ketones is 2. The van der Waals surface area contributed by atoms with Gasteiger partial charge in [-0.2, -0.15) is 0 Å². The molecular weight excluding hydrogens is 212 g/mol. The Balaban J connectivity index is 3.76. The highest BCUT2D eigenvalue weighted by Crippen LogP contribution is 2.03. The van der Waals surface area contributed by atoms with E-state index < -0.39 is 11.6 Å². The summed E-state index contributed by atoms with van der Waals surface area (Å²) < 4.78 is 0. The standard InChI is InChI=1S/C15H24O2/c1-3-5-7-8-9-11-13-15(17)14(16)12-10-6-4-2/h10-13H,3-9H2,1-2H3. The predicted octanol–water partition coefficient (Wildman–Crippen LogP) is 4.01. The lowest BCUT2D eigenvalue weighted by atomic mass is 10.1. The molecule has 96 valence electrons. The molecule has 0 spiro atoms. The van der Waals surface area contributed by atoms with Crippen molar-refractivity contribution < 1.29 is 9.59 Å². The van der Waals surface area contributed by atoms with Crippen molar-refractivity contribution in [2.45, 2.75) is 58.8 Å². The molecule has 0 aliphatic rings. The molecule has 0 aromatic heterocycles. The van der Waals surface area contributed by atoms with Crippen LogP contribution in [-0.4, -0.2) is 11.6 Å². The first-order valence-corrected chi connectivity index (χ1v) is 6.63. The lowest BCUT2D eigenvalue weighted by Gasteiger charge is -1.93. The molecule has 0 unspecified atom stereocenters. The second-order valence-corrected chi connectivity index (χ2v) is 4.17. The summed E-state index contributed by atoms with van der Waals surface area (Å²) in [4.78, 5) is 22.6. The van der Waals surface area contributed by atoms with E-state index in [1.165, 1.54) is 31.4 Å². The highest BCUT2D eigenvalue weighted by atomic mass is 16.2. The minimum Gasteiger partial charge on any atom is -0.286 e. The molecule has 0 aromatic carbocycles. The lowest BCUT2D eigenvalue weighted by Crippen LogP contribution is -2.06. The van der Waals surface area contributed by atoms with Crippen molar-refractivity contribution in [2.75, 3.05) is 0 Å². The Labute approximate surface area is 105 Å². The van der Waals surface area contributed by atoms with Gasteiger partial charge in [0.15, 0.2) is 0 Å². The van der Waals surface area contributed by atoms with Gasteiger partial charge in [-0.25, -0.2) is 0 Å². The van der Waals surface area contributed by atoms with E-state index in [4.69, 9.17) is 0 Å². The number of rotatable bonds is 10. The molecule has 0 aliphatic carbocycles. The fourth-order valence-electron chi connectivity index (χ4n) is 1.40. The summed E-state index contributed by atoms with van der Waals surface area (Å²) in [6.45, 7) is 4.20. The number of hydrogen-bond donors (Lipinski definition) is 0. The van der Waals surface area contributed by atoms with Gasteiger partial charge in [0.05, 0.1) is 0 Å². The van der Waals surface area contributed by atoms with E-state index in [0.29, 0.717) is 0 Å². The van der Waals surface area contributed by atoms with Crippen LogP contribution in [0.2, 0.25) is 0 Å². The number of carbonyl (C=O) groups excluding carboxylic acids is 2. The highest BCUT2D eigenvalue weighted by Gasteiger charge is 2.04. The molecule has 0 fully saturated rings. The van der Waals surface area contributed by atoms with E-state index in [-0.39, 0.29) is 0 Å². The van der Waals surface area contributed by atoms with Crippen molar-refractivity contribution >= 4 is 11.6 Å². The van der Waals surface area contributed by atoms with Gasteiger partial charge in [0.25, 0.3) is 0 Å². The third kappa shape index (κ3) is 9.73. The van der Waals surface area contributed by atoms with E-state index in [1.54, 1.807) is 6.08 Å². The van der Waals surface area contributed by atoms with Gasteiger partial charge in [-0.15, -0.1) is 0 Å². The van der Waals surface area contributed by atoms with Crippen molar-refractivity contribution in [3.8, 4) is 0 Å². The second-order valence-electron chi connectivity index (χ2n) is 4.17. The number of carbonyl (C=O) groups is 2. The molecule has 0 aromatic rings. The minimum absolute atomic E-state index is 0.409. The Kier molecular flexibility index (Phi) is 10.5. The number of allylic oxidation sites excluding steroid dienone is 4. The zero-order valence-corrected chi connectivity index (χ0v) is 11.1. The zero-order valence-electron chi connectivity index (χ0n) is 11.1. The summed E-state index contributed by atoms with van der Waals surface area (Å²) in [5.74, 6) is -0.823. The van der Waals surface area contributed by atoms with E-state index in [1.807, 2.05) is 13.0 Å². The normalized spacial score (nSPS) is 11.4. The van der Waals surface area contributed by atoms with Crippen LogP contribution in [0, 0.1) is 0 Å². The van der Waals surface area contributed by atoms with Gasteiger partial charge in [0, 0.05) is 0 Å². The fraction of sp³-hybridized carbons (Fsp3) is 0.600. The van der Waals surface area contributed by atoms with Crippen LogP contribution in [-0.2, 0) is 9.59 Å². The molecule has 0 atom stereocenters. The summed E-state index contributed by atoms with van der Waals surface area (Å²) in [7, 11) is 0. The van der Waals surface area contributed by atoms with Crippen LogP contribution in [0.5, 0.6) is 0 Å². The van der Waals surface area contributed by atoms with Gasteiger partial charge >= 0.3 is 0 Å². The summed E-state index contributed by atoms with van der Waals surface area (Å²) >= 11 is 0. The topological polar surface area (TPSA) is 34.1 Å². The van der Waals surface area contributed by atoms with Crippen molar-refractivity contribution in [3.05, 3.63) is 24.3 Å². The highest BCUT2D eigenvalue weighted by molar-refractivity contribution is 6.45. The molecule has 0 heterocycles. The fourth-order valence-corrected chi connectivity index (χ4v) is 1.40. The van der Waals surface area contributed by atoms with Crippen LogP contribution < -0.4 is 0 Å². The van der Waals surface area contributed by atoms with Crippen molar-refractivity contribution in [2.24, 2.45) is 0 Å². The largest absolute Gasteiger partial charge is 0.286 e. The minimum atomic E-state index is -0.414. The van der Waals surface area contributed by atoms with Crippen LogP contribution >= 0.6 is 0 Å². The Morgan fingerprint density at radius 2 is 1.35 bits per heavy atom. The van der Waals surface area contributed by atoms with Crippen LogP contribution in [0.4, 0.5) is 0 Å². The average Bonchev–Trinajstić information content (AvgIpc) is 2.33. The van der Waals surface area contributed by atoms with Crippen molar-refractivity contribution in [3.63, 3.8) is 0 Å². The Morgan fingerprint density at radius 3 is 1.88 bits per heavy atom. The molecule has 17 heavy (non-hydrogen) atoms. The summed E-state index contributed by atoms with van der Waals surface area (Å²) in [6.07, 6.45) is 13.8. The first-order chi connectivity index (χ1) is 8.22. The third-order valence-corrected chi connectivity index (χ3v) is 2.46. The molecule has 2 nitrogen and oxygen atoms in total. The van der Waals surface area contributed by atoms with Crippen LogP contribution in [0.25, 0.3) is 0 Å². The monoisotopic (exact) mass is 236 g/mol. The molecule has 0 amide bonds. The molecular formula is C15H24O2. The molecule has 0 bridgehead atoms. The van der Waals surface area contributed by atoms with Crippen LogP contribution in [0.1, 0.15) is 58.8 Å². The van der Waals surface area contributed by atoms with Gasteiger partial charge in [-0.3, -0.25) is 9.59 Å².